The molecule has 3 N–H and O–H groups in total. The standard InChI is InChI=1S/C15H15BrFN3O/c16-10-1-4-13(17)9(5-10)7-19-15(21)14-6-11(18)8-20(14)12-2-3-12/h1,4-6,8,12H,2-3,7,18H2,(H,19,21). The van der Waals surface area contributed by atoms with Crippen molar-refractivity contribution >= 4 is 27.5 Å². The lowest BCUT2D eigenvalue weighted by Gasteiger charge is -2.09. The van der Waals surface area contributed by atoms with Crippen LogP contribution in [0.2, 0.25) is 0 Å². The van der Waals surface area contributed by atoms with Crippen LogP contribution < -0.4 is 11.1 Å². The van der Waals surface area contributed by atoms with Gasteiger partial charge in [-0.2, -0.15) is 0 Å². The molecule has 1 aromatic heterocycles. The molecule has 0 atom stereocenters. The van der Waals surface area contributed by atoms with Gasteiger partial charge in [0.1, 0.15) is 11.5 Å². The lowest BCUT2D eigenvalue weighted by Crippen LogP contribution is -2.25. The number of nitrogens with one attached hydrogen (secondary N) is 1. The van der Waals surface area contributed by atoms with Crippen LogP contribution in [0.1, 0.15) is 34.9 Å². The average molecular weight is 352 g/mol. The molecule has 1 amide bonds. The Morgan fingerprint density at radius 3 is 2.90 bits per heavy atom. The second kappa shape index (κ2) is 5.52. The molecule has 0 unspecified atom stereocenters. The van der Waals surface area contributed by atoms with Crippen LogP contribution in [-0.2, 0) is 6.54 Å². The highest BCUT2D eigenvalue weighted by Crippen LogP contribution is 2.37. The second-order valence-corrected chi connectivity index (χ2v) is 6.13. The van der Waals surface area contributed by atoms with E-state index in [1.54, 1.807) is 24.4 Å². The molecule has 0 radical (unpaired) electrons. The number of nitrogen functional groups attached to an aromatic ring is 1. The topological polar surface area (TPSA) is 60.1 Å². The maximum absolute atomic E-state index is 13.6. The zero-order chi connectivity index (χ0) is 15.0. The summed E-state index contributed by atoms with van der Waals surface area (Å²) in [4.78, 5) is 12.3. The van der Waals surface area contributed by atoms with E-state index in [2.05, 4.69) is 21.2 Å². The minimum absolute atomic E-state index is 0.139. The average Bonchev–Trinajstić information content (AvgIpc) is 3.22. The molecule has 6 heteroatoms. The van der Waals surface area contributed by atoms with Crippen LogP contribution in [0.4, 0.5) is 10.1 Å². The molecule has 1 heterocycles. The smallest absolute Gasteiger partial charge is 0.268 e. The molecule has 4 nitrogen and oxygen atoms in total. The highest BCUT2D eigenvalue weighted by Gasteiger charge is 2.27. The number of nitrogens with zero attached hydrogens (tertiary/aromatic N) is 1. The van der Waals surface area contributed by atoms with Crippen molar-refractivity contribution in [3.8, 4) is 0 Å². The summed E-state index contributed by atoms with van der Waals surface area (Å²) in [7, 11) is 0. The predicted molar refractivity (Wildman–Crippen MR) is 82.4 cm³/mol. The Morgan fingerprint density at radius 1 is 1.43 bits per heavy atom. The molecule has 1 saturated carbocycles. The third-order valence-electron chi connectivity index (χ3n) is 3.49. The van der Waals surface area contributed by atoms with E-state index >= 15 is 0 Å². The number of anilines is 1. The number of hydrogen-bond acceptors (Lipinski definition) is 2. The first-order valence-electron chi connectivity index (χ1n) is 6.74. The molecule has 0 spiro atoms. The van der Waals surface area contributed by atoms with Gasteiger partial charge in [0.15, 0.2) is 0 Å². The Hall–Kier alpha value is -1.82. The fourth-order valence-corrected chi connectivity index (χ4v) is 2.69. The molecule has 1 aliphatic rings. The Kier molecular flexibility index (Phi) is 3.71. The van der Waals surface area contributed by atoms with E-state index in [4.69, 9.17) is 5.73 Å². The summed E-state index contributed by atoms with van der Waals surface area (Å²) in [5, 5.41) is 2.74. The SMILES string of the molecule is Nc1cc(C(=O)NCc2cc(Br)ccc2F)n(C2CC2)c1. The Balaban J connectivity index is 1.73. The molecule has 1 aliphatic carbocycles. The summed E-state index contributed by atoms with van der Waals surface area (Å²) in [6.45, 7) is 0.139. The summed E-state index contributed by atoms with van der Waals surface area (Å²) >= 11 is 3.29. The molecule has 1 aromatic carbocycles. The van der Waals surface area contributed by atoms with Gasteiger partial charge in [-0.05, 0) is 37.1 Å². The van der Waals surface area contributed by atoms with E-state index in [1.807, 2.05) is 4.57 Å². The molecule has 1 fully saturated rings. The van der Waals surface area contributed by atoms with E-state index in [-0.39, 0.29) is 18.3 Å². The maximum Gasteiger partial charge on any atom is 0.268 e. The number of nitrogens with two attached hydrogens (primary N) is 1. The van der Waals surface area contributed by atoms with Gasteiger partial charge in [0.2, 0.25) is 0 Å². The highest BCUT2D eigenvalue weighted by atomic mass is 79.9. The molecule has 3 rings (SSSR count). The minimum atomic E-state index is -0.337. The van der Waals surface area contributed by atoms with Gasteiger partial charge in [-0.1, -0.05) is 15.9 Å². The van der Waals surface area contributed by atoms with Gasteiger partial charge >= 0.3 is 0 Å². The summed E-state index contributed by atoms with van der Waals surface area (Å²) in [6.07, 6.45) is 3.91. The van der Waals surface area contributed by atoms with Crippen molar-refractivity contribution in [1.29, 1.82) is 0 Å². The number of rotatable bonds is 4. The van der Waals surface area contributed by atoms with E-state index in [9.17, 15) is 9.18 Å². The molecule has 0 bridgehead atoms. The zero-order valence-corrected chi connectivity index (χ0v) is 12.9. The summed E-state index contributed by atoms with van der Waals surface area (Å²) in [5.41, 5.74) is 7.31. The van der Waals surface area contributed by atoms with Crippen LogP contribution in [0.25, 0.3) is 0 Å². The van der Waals surface area contributed by atoms with Crippen molar-refractivity contribution < 1.29 is 9.18 Å². The lowest BCUT2D eigenvalue weighted by atomic mass is 10.2. The first-order chi connectivity index (χ1) is 10.0. The van der Waals surface area contributed by atoms with E-state index < -0.39 is 0 Å². The van der Waals surface area contributed by atoms with Gasteiger partial charge < -0.3 is 15.6 Å². The summed E-state index contributed by atoms with van der Waals surface area (Å²) in [5.74, 6) is -0.575. The third kappa shape index (κ3) is 3.10. The highest BCUT2D eigenvalue weighted by molar-refractivity contribution is 9.10. The molecule has 110 valence electrons. The van der Waals surface area contributed by atoms with Crippen molar-refractivity contribution in [2.24, 2.45) is 0 Å². The number of hydrogen-bond donors (Lipinski definition) is 2. The number of halogens is 2. The molecule has 2 aromatic rings. The normalized spacial score (nSPS) is 14.2. The van der Waals surface area contributed by atoms with Gasteiger partial charge in [-0.15, -0.1) is 0 Å². The largest absolute Gasteiger partial charge is 0.397 e. The number of carbonyl (C=O) groups is 1. The molecule has 0 saturated heterocycles. The van der Waals surface area contributed by atoms with E-state index in [0.29, 0.717) is 23.0 Å². The monoisotopic (exact) mass is 351 g/mol. The summed E-state index contributed by atoms with van der Waals surface area (Å²) < 4.78 is 16.3. The number of amides is 1. The van der Waals surface area contributed by atoms with Crippen LogP contribution in [0.3, 0.4) is 0 Å². The number of carbonyl (C=O) groups excluding carboxylic acids is 1. The van der Waals surface area contributed by atoms with Crippen LogP contribution in [-0.4, -0.2) is 10.5 Å². The quantitative estimate of drug-likeness (QED) is 0.888. The Labute approximate surface area is 130 Å². The molecule has 0 aliphatic heterocycles. The third-order valence-corrected chi connectivity index (χ3v) is 3.98. The Bertz CT molecular complexity index is 694. The van der Waals surface area contributed by atoms with Gasteiger partial charge in [-0.25, -0.2) is 4.39 Å². The molecule has 21 heavy (non-hydrogen) atoms. The van der Waals surface area contributed by atoms with Crippen LogP contribution in [0.5, 0.6) is 0 Å². The van der Waals surface area contributed by atoms with Crippen molar-refractivity contribution in [1.82, 2.24) is 9.88 Å². The molecular weight excluding hydrogens is 337 g/mol. The molecular formula is C15H15BrFN3O. The number of benzene rings is 1. The number of aromatic nitrogens is 1. The van der Waals surface area contributed by atoms with Crippen LogP contribution in [0.15, 0.2) is 34.9 Å². The lowest BCUT2D eigenvalue weighted by molar-refractivity contribution is 0.0941. The maximum atomic E-state index is 13.6. The van der Waals surface area contributed by atoms with Gasteiger partial charge in [0, 0.05) is 28.8 Å². The van der Waals surface area contributed by atoms with E-state index in [0.717, 1.165) is 17.3 Å². The van der Waals surface area contributed by atoms with Crippen LogP contribution in [0, 0.1) is 5.82 Å². The second-order valence-electron chi connectivity index (χ2n) is 5.22. The van der Waals surface area contributed by atoms with Gasteiger partial charge in [-0.3, -0.25) is 4.79 Å². The fourth-order valence-electron chi connectivity index (χ4n) is 2.28. The zero-order valence-electron chi connectivity index (χ0n) is 11.3. The van der Waals surface area contributed by atoms with E-state index in [1.165, 1.54) is 6.07 Å². The Morgan fingerprint density at radius 2 is 2.19 bits per heavy atom. The van der Waals surface area contributed by atoms with Crippen molar-refractivity contribution in [3.63, 3.8) is 0 Å². The van der Waals surface area contributed by atoms with Crippen molar-refractivity contribution in [3.05, 3.63) is 52.0 Å². The van der Waals surface area contributed by atoms with Crippen molar-refractivity contribution in [2.45, 2.75) is 25.4 Å². The fraction of sp³-hybridized carbons (Fsp3) is 0.267. The first-order valence-corrected chi connectivity index (χ1v) is 7.53. The van der Waals surface area contributed by atoms with Crippen LogP contribution >= 0.6 is 15.9 Å². The van der Waals surface area contributed by atoms with Crippen molar-refractivity contribution in [2.75, 3.05) is 5.73 Å². The summed E-state index contributed by atoms with van der Waals surface area (Å²) in [6, 6.07) is 6.68. The van der Waals surface area contributed by atoms with Gasteiger partial charge in [0.25, 0.3) is 5.91 Å². The predicted octanol–water partition coefficient (Wildman–Crippen LogP) is 3.24. The first kappa shape index (κ1) is 14.1. The minimum Gasteiger partial charge on any atom is -0.397 e. The van der Waals surface area contributed by atoms with Gasteiger partial charge in [0.05, 0.1) is 5.69 Å².